The summed E-state index contributed by atoms with van der Waals surface area (Å²) in [7, 11) is 0. The lowest BCUT2D eigenvalue weighted by atomic mass is 9.89. The van der Waals surface area contributed by atoms with Gasteiger partial charge in [0, 0.05) is 0 Å². The van der Waals surface area contributed by atoms with Crippen molar-refractivity contribution in [1.29, 1.82) is 0 Å². The monoisotopic (exact) mass is 252 g/mol. The maximum atomic E-state index is 3.67. The van der Waals surface area contributed by atoms with Gasteiger partial charge < -0.3 is 10.2 Å². The molecule has 0 radical (unpaired) electrons. The smallest absolute Gasteiger partial charge is 0.00183 e. The van der Waals surface area contributed by atoms with Gasteiger partial charge in [-0.25, -0.2) is 0 Å². The van der Waals surface area contributed by atoms with Crippen molar-refractivity contribution in [2.75, 3.05) is 32.7 Å². The van der Waals surface area contributed by atoms with Crippen molar-refractivity contribution in [2.45, 2.75) is 64.2 Å². The van der Waals surface area contributed by atoms with Crippen LogP contribution in [0.2, 0.25) is 0 Å². The maximum Gasteiger partial charge on any atom is -0.00183 e. The lowest BCUT2D eigenvalue weighted by Crippen LogP contribution is -2.31. The summed E-state index contributed by atoms with van der Waals surface area (Å²) in [5.41, 5.74) is 0. The fourth-order valence-electron chi connectivity index (χ4n) is 3.47. The molecular weight excluding hydrogens is 220 g/mol. The number of rotatable bonds is 7. The molecule has 0 bridgehead atoms. The Hall–Kier alpha value is -0.0800. The second-order valence-electron chi connectivity index (χ2n) is 6.32. The number of likely N-dealkylation sites (tertiary alicyclic amines) is 1. The van der Waals surface area contributed by atoms with Gasteiger partial charge in [-0.1, -0.05) is 25.7 Å². The Morgan fingerprint density at radius 3 is 2.33 bits per heavy atom. The fraction of sp³-hybridized carbons (Fsp3) is 1.00. The summed E-state index contributed by atoms with van der Waals surface area (Å²) < 4.78 is 0. The van der Waals surface area contributed by atoms with Crippen LogP contribution in [0.5, 0.6) is 0 Å². The van der Waals surface area contributed by atoms with Gasteiger partial charge in [0.15, 0.2) is 0 Å². The molecule has 2 aliphatic rings. The van der Waals surface area contributed by atoms with E-state index in [4.69, 9.17) is 0 Å². The van der Waals surface area contributed by atoms with E-state index in [-0.39, 0.29) is 0 Å². The molecule has 0 amide bonds. The van der Waals surface area contributed by atoms with Crippen molar-refractivity contribution in [3.63, 3.8) is 0 Å². The Balaban J connectivity index is 1.39. The number of unbranched alkanes of at least 4 members (excludes halogenated alkanes) is 1. The third-order valence-electron chi connectivity index (χ3n) is 4.68. The highest BCUT2D eigenvalue weighted by molar-refractivity contribution is 4.68. The van der Waals surface area contributed by atoms with Gasteiger partial charge in [-0.2, -0.15) is 0 Å². The molecule has 0 aromatic heterocycles. The van der Waals surface area contributed by atoms with Crippen LogP contribution in [0.15, 0.2) is 0 Å². The Morgan fingerprint density at radius 1 is 0.833 bits per heavy atom. The van der Waals surface area contributed by atoms with E-state index >= 15 is 0 Å². The number of nitrogens with zero attached hydrogens (tertiary/aromatic N) is 1. The van der Waals surface area contributed by atoms with Crippen molar-refractivity contribution in [1.82, 2.24) is 10.2 Å². The fourth-order valence-corrected chi connectivity index (χ4v) is 3.47. The summed E-state index contributed by atoms with van der Waals surface area (Å²) in [5, 5.41) is 3.67. The van der Waals surface area contributed by atoms with Gasteiger partial charge in [0.05, 0.1) is 0 Å². The molecule has 0 aromatic rings. The van der Waals surface area contributed by atoms with Gasteiger partial charge in [0.1, 0.15) is 0 Å². The van der Waals surface area contributed by atoms with Crippen LogP contribution >= 0.6 is 0 Å². The Kier molecular flexibility index (Phi) is 7.11. The summed E-state index contributed by atoms with van der Waals surface area (Å²) in [6.07, 6.45) is 14.4. The molecule has 2 fully saturated rings. The third-order valence-corrected chi connectivity index (χ3v) is 4.68. The Bertz CT molecular complexity index is 171. The molecule has 1 heterocycles. The lowest BCUT2D eigenvalue weighted by Gasteiger charge is -2.26. The van der Waals surface area contributed by atoms with Crippen LogP contribution in [0.1, 0.15) is 64.2 Å². The summed E-state index contributed by atoms with van der Waals surface area (Å²) in [6, 6.07) is 0. The quantitative estimate of drug-likeness (QED) is 0.698. The topological polar surface area (TPSA) is 15.3 Å². The minimum atomic E-state index is 0.987. The highest BCUT2D eigenvalue weighted by Crippen LogP contribution is 2.22. The van der Waals surface area contributed by atoms with Gasteiger partial charge in [0.2, 0.25) is 0 Å². The summed E-state index contributed by atoms with van der Waals surface area (Å²) in [5.74, 6) is 0.987. The van der Waals surface area contributed by atoms with Crippen LogP contribution < -0.4 is 5.32 Å². The van der Waals surface area contributed by atoms with E-state index < -0.39 is 0 Å². The van der Waals surface area contributed by atoms with Crippen LogP contribution in [0.4, 0.5) is 0 Å². The highest BCUT2D eigenvalue weighted by atomic mass is 15.1. The molecule has 0 unspecified atom stereocenters. The molecule has 0 spiro atoms. The van der Waals surface area contributed by atoms with Crippen LogP contribution in [-0.4, -0.2) is 37.6 Å². The van der Waals surface area contributed by atoms with Gasteiger partial charge in [-0.15, -0.1) is 0 Å². The van der Waals surface area contributed by atoms with E-state index in [2.05, 4.69) is 10.2 Å². The van der Waals surface area contributed by atoms with Crippen molar-refractivity contribution in [3.8, 4) is 0 Å². The van der Waals surface area contributed by atoms with Crippen molar-refractivity contribution >= 4 is 0 Å². The molecule has 1 aliphatic heterocycles. The predicted molar refractivity (Wildman–Crippen MR) is 79.0 cm³/mol. The highest BCUT2D eigenvalue weighted by Gasteiger charge is 2.12. The SMILES string of the molecule is C1CCC(CNCCCCN2CCCCC2)CC1. The average molecular weight is 252 g/mol. The molecular formula is C16H32N2. The third kappa shape index (κ3) is 5.71. The molecule has 0 aromatic carbocycles. The Morgan fingerprint density at radius 2 is 1.56 bits per heavy atom. The molecule has 1 N–H and O–H groups in total. The first-order valence-electron chi connectivity index (χ1n) is 8.38. The lowest BCUT2D eigenvalue weighted by molar-refractivity contribution is 0.224. The summed E-state index contributed by atoms with van der Waals surface area (Å²) in [4.78, 5) is 2.66. The minimum absolute atomic E-state index is 0.987. The van der Waals surface area contributed by atoms with E-state index in [9.17, 15) is 0 Å². The normalized spacial score (nSPS) is 23.3. The van der Waals surface area contributed by atoms with Crippen molar-refractivity contribution < 1.29 is 0 Å². The first-order valence-corrected chi connectivity index (χ1v) is 8.38. The van der Waals surface area contributed by atoms with Crippen molar-refractivity contribution in [3.05, 3.63) is 0 Å². The van der Waals surface area contributed by atoms with Gasteiger partial charge in [-0.05, 0) is 77.2 Å². The molecule has 2 nitrogen and oxygen atoms in total. The zero-order valence-electron chi connectivity index (χ0n) is 12.1. The zero-order valence-corrected chi connectivity index (χ0v) is 12.1. The van der Waals surface area contributed by atoms with Gasteiger partial charge in [-0.3, -0.25) is 0 Å². The first kappa shape index (κ1) is 14.3. The molecule has 18 heavy (non-hydrogen) atoms. The zero-order chi connectivity index (χ0) is 12.5. The number of hydrogen-bond donors (Lipinski definition) is 1. The van der Waals surface area contributed by atoms with E-state index in [1.807, 2.05) is 0 Å². The molecule has 106 valence electrons. The average Bonchev–Trinajstić information content (AvgIpc) is 2.45. The standard InChI is InChI=1S/C16H32N2/c1-3-9-16(10-4-1)15-17-11-5-8-14-18-12-6-2-7-13-18/h16-17H,1-15H2. The van der Waals surface area contributed by atoms with Gasteiger partial charge in [0.25, 0.3) is 0 Å². The van der Waals surface area contributed by atoms with E-state index in [1.165, 1.54) is 96.9 Å². The molecule has 0 atom stereocenters. The van der Waals surface area contributed by atoms with E-state index in [0.717, 1.165) is 5.92 Å². The maximum absolute atomic E-state index is 3.67. The van der Waals surface area contributed by atoms with Crippen LogP contribution in [0.3, 0.4) is 0 Å². The van der Waals surface area contributed by atoms with Crippen molar-refractivity contribution in [2.24, 2.45) is 5.92 Å². The van der Waals surface area contributed by atoms with E-state index in [0.29, 0.717) is 0 Å². The number of piperidine rings is 1. The number of nitrogens with one attached hydrogen (secondary N) is 1. The summed E-state index contributed by atoms with van der Waals surface area (Å²) >= 11 is 0. The van der Waals surface area contributed by atoms with Crippen LogP contribution in [0.25, 0.3) is 0 Å². The second-order valence-corrected chi connectivity index (χ2v) is 6.32. The number of hydrogen-bond acceptors (Lipinski definition) is 2. The molecule has 2 rings (SSSR count). The van der Waals surface area contributed by atoms with Crippen LogP contribution in [0, 0.1) is 5.92 Å². The Labute approximate surface area is 114 Å². The van der Waals surface area contributed by atoms with Crippen LogP contribution in [-0.2, 0) is 0 Å². The molecule has 2 heteroatoms. The molecule has 1 saturated heterocycles. The summed E-state index contributed by atoms with van der Waals surface area (Å²) in [6.45, 7) is 6.57. The first-order chi connectivity index (χ1) is 8.95. The molecule has 1 aliphatic carbocycles. The predicted octanol–water partition coefficient (Wildman–Crippen LogP) is 3.42. The molecule has 1 saturated carbocycles. The second kappa shape index (κ2) is 8.92. The minimum Gasteiger partial charge on any atom is -0.316 e. The largest absolute Gasteiger partial charge is 0.316 e. The van der Waals surface area contributed by atoms with E-state index in [1.54, 1.807) is 0 Å². The van der Waals surface area contributed by atoms with Gasteiger partial charge >= 0.3 is 0 Å².